The molecule has 0 saturated heterocycles. The average Bonchev–Trinajstić information content (AvgIpc) is 1.25. The maximum atomic E-state index is 11.2. The van der Waals surface area contributed by atoms with E-state index in [1.807, 2.05) is 15.9 Å². The Hall–Kier alpha value is 0.560. The SMILES string of the molecule is [2H]C(Cl)(Br)C(F)(F)F. The summed E-state index contributed by atoms with van der Waals surface area (Å²) in [6.45, 7) is 0. The minimum atomic E-state index is -4.71. The molecule has 0 fully saturated rings. The molecule has 0 aliphatic rings. The molecule has 0 spiro atoms. The van der Waals surface area contributed by atoms with Crippen LogP contribution in [0.5, 0.6) is 0 Å². The molecule has 44 valence electrons. The van der Waals surface area contributed by atoms with E-state index in [1.54, 1.807) is 0 Å². The van der Waals surface area contributed by atoms with Crippen LogP contribution in [0.25, 0.3) is 0 Å². The van der Waals surface area contributed by atoms with Gasteiger partial charge in [-0.05, 0) is 0 Å². The van der Waals surface area contributed by atoms with Crippen molar-refractivity contribution in [3.63, 3.8) is 0 Å². The quantitative estimate of drug-likeness (QED) is 0.525. The van der Waals surface area contributed by atoms with Gasteiger partial charge in [0.2, 0.25) is 0 Å². The zero-order chi connectivity index (χ0) is 7.00. The Morgan fingerprint density at radius 3 is 1.86 bits per heavy atom. The molecular formula is C2HBrClF3. The molecule has 0 aliphatic heterocycles. The van der Waals surface area contributed by atoms with Crippen LogP contribution in [-0.2, 0) is 0 Å². The lowest BCUT2D eigenvalue weighted by Gasteiger charge is -2.03. The monoisotopic (exact) mass is 197 g/mol. The van der Waals surface area contributed by atoms with E-state index >= 15 is 0 Å². The lowest BCUT2D eigenvalue weighted by molar-refractivity contribution is -0.112. The number of halogens is 5. The van der Waals surface area contributed by atoms with Gasteiger partial charge in [0, 0.05) is 0 Å². The van der Waals surface area contributed by atoms with Gasteiger partial charge in [-0.3, -0.25) is 0 Å². The highest BCUT2D eigenvalue weighted by molar-refractivity contribution is 9.10. The Kier molecular flexibility index (Phi) is 1.80. The van der Waals surface area contributed by atoms with Crippen LogP contribution >= 0.6 is 27.5 Å². The second-order valence-electron chi connectivity index (χ2n) is 0.758. The molecule has 0 radical (unpaired) electrons. The molecule has 0 aliphatic carbocycles. The maximum Gasteiger partial charge on any atom is 0.414 e. The maximum absolute atomic E-state index is 11.2. The van der Waals surface area contributed by atoms with Crippen LogP contribution in [0, 0.1) is 0 Å². The molecule has 0 aromatic heterocycles. The van der Waals surface area contributed by atoms with Gasteiger partial charge in [0.1, 0.15) is 0 Å². The summed E-state index contributed by atoms with van der Waals surface area (Å²) in [6.07, 6.45) is -4.71. The highest BCUT2D eigenvalue weighted by Gasteiger charge is 2.35. The Morgan fingerprint density at radius 2 is 1.86 bits per heavy atom. The van der Waals surface area contributed by atoms with Gasteiger partial charge >= 0.3 is 6.18 Å². The topological polar surface area (TPSA) is 0 Å². The smallest absolute Gasteiger partial charge is 0.168 e. The summed E-state index contributed by atoms with van der Waals surface area (Å²) in [5.41, 5.74) is 0. The van der Waals surface area contributed by atoms with E-state index in [0.717, 1.165) is 0 Å². The zero-order valence-electron chi connectivity index (χ0n) is 3.89. The fraction of sp³-hybridized carbons (Fsp3) is 1.00. The third-order valence-electron chi connectivity index (χ3n) is 0.214. The predicted octanol–water partition coefficient (Wildman–Crippen LogP) is 2.51. The van der Waals surface area contributed by atoms with Crippen molar-refractivity contribution in [2.24, 2.45) is 0 Å². The first-order valence-corrected chi connectivity index (χ1v) is 2.37. The van der Waals surface area contributed by atoms with Crippen molar-refractivity contribution in [1.82, 2.24) is 0 Å². The van der Waals surface area contributed by atoms with Crippen molar-refractivity contribution in [2.45, 2.75) is 10.4 Å². The molecule has 0 aromatic carbocycles. The molecule has 0 saturated carbocycles. The minimum Gasteiger partial charge on any atom is -0.168 e. The van der Waals surface area contributed by atoms with Crippen LogP contribution in [0.2, 0.25) is 0 Å². The molecular weight excluding hydrogens is 196 g/mol. The minimum absolute atomic E-state index is 1.91. The van der Waals surface area contributed by atoms with E-state index < -0.39 is 10.4 Å². The van der Waals surface area contributed by atoms with E-state index in [4.69, 9.17) is 1.37 Å². The predicted molar refractivity (Wildman–Crippen MR) is 24.6 cm³/mol. The Bertz CT molecular complexity index is 72.3. The first kappa shape index (κ1) is 5.69. The van der Waals surface area contributed by atoms with Crippen LogP contribution in [0.3, 0.4) is 0 Å². The van der Waals surface area contributed by atoms with Gasteiger partial charge in [-0.2, -0.15) is 13.2 Å². The average molecular weight is 198 g/mol. The van der Waals surface area contributed by atoms with Gasteiger partial charge in [-0.25, -0.2) is 0 Å². The summed E-state index contributed by atoms with van der Waals surface area (Å²) in [5.74, 6) is 0. The molecule has 1 atom stereocenters. The van der Waals surface area contributed by atoms with Crippen molar-refractivity contribution >= 4 is 27.5 Å². The molecule has 7 heavy (non-hydrogen) atoms. The van der Waals surface area contributed by atoms with Crippen molar-refractivity contribution in [3.8, 4) is 0 Å². The second-order valence-corrected chi connectivity index (χ2v) is 2.39. The summed E-state index contributed by atoms with van der Waals surface area (Å²) in [5, 5.41) is 0. The molecule has 0 bridgehead atoms. The number of hydrogen-bond acceptors (Lipinski definition) is 0. The highest BCUT2D eigenvalue weighted by Crippen LogP contribution is 2.28. The lowest BCUT2D eigenvalue weighted by atomic mass is 10.8. The summed E-state index contributed by atoms with van der Waals surface area (Å²) < 4.78 is 36.7. The van der Waals surface area contributed by atoms with Crippen LogP contribution in [-0.4, -0.2) is 10.4 Å². The Morgan fingerprint density at radius 1 is 1.71 bits per heavy atom. The third-order valence-corrected chi connectivity index (χ3v) is 0.878. The van der Waals surface area contributed by atoms with Crippen molar-refractivity contribution in [2.75, 3.05) is 0 Å². The molecule has 0 heterocycles. The van der Waals surface area contributed by atoms with Crippen molar-refractivity contribution in [3.05, 3.63) is 0 Å². The van der Waals surface area contributed by atoms with Gasteiger partial charge < -0.3 is 0 Å². The van der Waals surface area contributed by atoms with E-state index in [-0.39, 0.29) is 0 Å². The zero-order valence-corrected chi connectivity index (χ0v) is 5.23. The molecule has 1 unspecified atom stereocenters. The number of rotatable bonds is 0. The summed E-state index contributed by atoms with van der Waals surface area (Å²) in [7, 11) is 0. The molecule has 0 amide bonds. The van der Waals surface area contributed by atoms with Crippen LogP contribution in [0.15, 0.2) is 0 Å². The van der Waals surface area contributed by atoms with Crippen LogP contribution in [0.4, 0.5) is 13.2 Å². The third kappa shape index (κ3) is 3.17. The fourth-order valence-electron chi connectivity index (χ4n) is 0. The molecule has 0 aromatic rings. The fourth-order valence-corrected chi connectivity index (χ4v) is 0. The van der Waals surface area contributed by atoms with Gasteiger partial charge in [0.25, 0.3) is 0 Å². The summed E-state index contributed by atoms with van der Waals surface area (Å²) >= 11 is 6.37. The Labute approximate surface area is 53.2 Å². The molecule has 0 nitrogen and oxygen atoms in total. The molecule has 0 N–H and O–H groups in total. The van der Waals surface area contributed by atoms with E-state index in [9.17, 15) is 13.2 Å². The largest absolute Gasteiger partial charge is 0.414 e. The van der Waals surface area contributed by atoms with Crippen LogP contribution in [0.1, 0.15) is 1.37 Å². The normalized spacial score (nSPS) is 23.3. The van der Waals surface area contributed by atoms with Gasteiger partial charge in [0.15, 0.2) is 4.26 Å². The summed E-state index contributed by atoms with van der Waals surface area (Å²) in [6, 6.07) is 0. The van der Waals surface area contributed by atoms with Crippen LogP contribution < -0.4 is 0 Å². The number of hydrogen-bond donors (Lipinski definition) is 0. The summed E-state index contributed by atoms with van der Waals surface area (Å²) in [4.78, 5) is 0. The Balaban J connectivity index is 4.02. The number of alkyl halides is 5. The van der Waals surface area contributed by atoms with E-state index in [2.05, 4.69) is 11.6 Å². The van der Waals surface area contributed by atoms with Crippen molar-refractivity contribution in [1.29, 1.82) is 0 Å². The lowest BCUT2D eigenvalue weighted by Crippen LogP contribution is -2.16. The van der Waals surface area contributed by atoms with Gasteiger partial charge in [0.05, 0.1) is 1.37 Å². The van der Waals surface area contributed by atoms with Gasteiger partial charge in [-0.1, -0.05) is 15.9 Å². The highest BCUT2D eigenvalue weighted by atomic mass is 79.9. The van der Waals surface area contributed by atoms with Gasteiger partial charge in [-0.15, -0.1) is 11.6 Å². The molecule has 5 heteroatoms. The first-order valence-electron chi connectivity index (χ1n) is 1.69. The second kappa shape index (κ2) is 2.22. The van der Waals surface area contributed by atoms with E-state index in [1.165, 1.54) is 0 Å². The van der Waals surface area contributed by atoms with Crippen molar-refractivity contribution < 1.29 is 14.5 Å². The van der Waals surface area contributed by atoms with E-state index in [0.29, 0.717) is 0 Å². The first-order chi connectivity index (χ1) is 3.25. The standard InChI is InChI=1S/C2HBrClF3/c3-1(4)2(5,6)7/h1H/i1D. The molecule has 0 rings (SSSR count).